The Balaban J connectivity index is 2.55. The summed E-state index contributed by atoms with van der Waals surface area (Å²) >= 11 is 1.42. The molecular formula is C16H26N2O2S. The molecule has 0 fully saturated rings. The monoisotopic (exact) mass is 310 g/mol. The van der Waals surface area contributed by atoms with E-state index in [1.165, 1.54) is 11.8 Å². The summed E-state index contributed by atoms with van der Waals surface area (Å²) in [7, 11) is 0. The van der Waals surface area contributed by atoms with Crippen molar-refractivity contribution in [2.75, 3.05) is 5.75 Å². The third-order valence-electron chi connectivity index (χ3n) is 2.55. The SMILES string of the molecule is Cc1cc(CNC(C)C)cnc1SCC(=O)OC(C)(C)C. The van der Waals surface area contributed by atoms with Crippen LogP contribution < -0.4 is 5.32 Å². The molecule has 0 amide bonds. The van der Waals surface area contributed by atoms with Crippen LogP contribution in [0.4, 0.5) is 0 Å². The fourth-order valence-electron chi connectivity index (χ4n) is 1.69. The van der Waals surface area contributed by atoms with E-state index in [9.17, 15) is 4.79 Å². The number of nitrogens with one attached hydrogen (secondary N) is 1. The van der Waals surface area contributed by atoms with Gasteiger partial charge in [-0.2, -0.15) is 0 Å². The van der Waals surface area contributed by atoms with Gasteiger partial charge in [-0.3, -0.25) is 4.79 Å². The van der Waals surface area contributed by atoms with Crippen molar-refractivity contribution >= 4 is 17.7 Å². The highest BCUT2D eigenvalue weighted by atomic mass is 32.2. The molecule has 0 spiro atoms. The molecule has 118 valence electrons. The molecule has 1 N–H and O–H groups in total. The Morgan fingerprint density at radius 1 is 1.43 bits per heavy atom. The lowest BCUT2D eigenvalue weighted by molar-refractivity contribution is -0.151. The fourth-order valence-corrected chi connectivity index (χ4v) is 2.42. The molecule has 5 heteroatoms. The van der Waals surface area contributed by atoms with Gasteiger partial charge in [0.1, 0.15) is 5.60 Å². The Morgan fingerprint density at radius 3 is 2.62 bits per heavy atom. The first-order valence-electron chi connectivity index (χ1n) is 7.21. The highest BCUT2D eigenvalue weighted by Crippen LogP contribution is 2.21. The average molecular weight is 310 g/mol. The summed E-state index contributed by atoms with van der Waals surface area (Å²) in [6, 6.07) is 2.56. The van der Waals surface area contributed by atoms with E-state index < -0.39 is 5.60 Å². The van der Waals surface area contributed by atoms with Crippen LogP contribution in [0.3, 0.4) is 0 Å². The maximum absolute atomic E-state index is 11.7. The van der Waals surface area contributed by atoms with Gasteiger partial charge in [-0.05, 0) is 38.8 Å². The molecule has 1 aromatic heterocycles. The third-order valence-corrected chi connectivity index (χ3v) is 3.63. The van der Waals surface area contributed by atoms with E-state index >= 15 is 0 Å². The number of nitrogens with zero attached hydrogens (tertiary/aromatic N) is 1. The van der Waals surface area contributed by atoms with E-state index in [1.54, 1.807) is 0 Å². The van der Waals surface area contributed by atoms with Gasteiger partial charge in [-0.15, -0.1) is 0 Å². The predicted octanol–water partition coefficient (Wildman–Crippen LogP) is 3.32. The summed E-state index contributed by atoms with van der Waals surface area (Å²) in [5.74, 6) is 0.0774. The standard InChI is InChI=1S/C16H26N2O2S/c1-11(2)17-8-13-7-12(3)15(18-9-13)21-10-14(19)20-16(4,5)6/h7,9,11,17H,8,10H2,1-6H3. The second kappa shape index (κ2) is 7.80. The summed E-state index contributed by atoms with van der Waals surface area (Å²) in [5.41, 5.74) is 1.81. The molecule has 0 saturated carbocycles. The topological polar surface area (TPSA) is 51.2 Å². The van der Waals surface area contributed by atoms with Crippen LogP contribution in [0.25, 0.3) is 0 Å². The lowest BCUT2D eigenvalue weighted by Crippen LogP contribution is -2.25. The Labute approximate surface area is 132 Å². The zero-order valence-corrected chi connectivity index (χ0v) is 14.6. The van der Waals surface area contributed by atoms with Crippen LogP contribution >= 0.6 is 11.8 Å². The second-order valence-corrected chi connectivity index (χ2v) is 7.34. The molecule has 21 heavy (non-hydrogen) atoms. The Morgan fingerprint density at radius 2 is 2.10 bits per heavy atom. The van der Waals surface area contributed by atoms with Crippen molar-refractivity contribution in [1.82, 2.24) is 10.3 Å². The minimum atomic E-state index is -0.438. The Hall–Kier alpha value is -1.07. The quantitative estimate of drug-likeness (QED) is 0.645. The summed E-state index contributed by atoms with van der Waals surface area (Å²) in [4.78, 5) is 16.1. The second-order valence-electron chi connectivity index (χ2n) is 6.38. The molecule has 1 rings (SSSR count). The lowest BCUT2D eigenvalue weighted by Gasteiger charge is -2.19. The molecule has 0 aromatic carbocycles. The molecule has 0 aliphatic carbocycles. The lowest BCUT2D eigenvalue weighted by atomic mass is 10.2. The number of ether oxygens (including phenoxy) is 1. The van der Waals surface area contributed by atoms with Crippen LogP contribution in [0.15, 0.2) is 17.3 Å². The van der Waals surface area contributed by atoms with E-state index in [2.05, 4.69) is 30.2 Å². The largest absolute Gasteiger partial charge is 0.459 e. The number of hydrogen-bond acceptors (Lipinski definition) is 5. The first kappa shape index (κ1) is 18.0. The van der Waals surface area contributed by atoms with Crippen LogP contribution in [-0.2, 0) is 16.1 Å². The molecule has 0 unspecified atom stereocenters. The van der Waals surface area contributed by atoms with Gasteiger partial charge in [0.2, 0.25) is 0 Å². The average Bonchev–Trinajstić information content (AvgIpc) is 2.33. The molecule has 0 saturated heterocycles. The number of carbonyl (C=O) groups is 1. The molecule has 1 heterocycles. The Bertz CT molecular complexity index is 482. The van der Waals surface area contributed by atoms with Crippen LogP contribution in [0, 0.1) is 6.92 Å². The molecule has 0 aliphatic heterocycles. The number of carbonyl (C=O) groups excluding carboxylic acids is 1. The minimum absolute atomic E-state index is 0.209. The number of esters is 1. The van der Waals surface area contributed by atoms with Gasteiger partial charge in [0.15, 0.2) is 0 Å². The number of aromatic nitrogens is 1. The van der Waals surface area contributed by atoms with Gasteiger partial charge >= 0.3 is 5.97 Å². The first-order chi connectivity index (χ1) is 9.67. The van der Waals surface area contributed by atoms with E-state index in [4.69, 9.17) is 4.74 Å². The van der Waals surface area contributed by atoms with E-state index in [-0.39, 0.29) is 11.7 Å². The molecule has 1 aromatic rings. The van der Waals surface area contributed by atoms with E-state index in [0.717, 1.165) is 22.7 Å². The predicted molar refractivity (Wildman–Crippen MR) is 87.5 cm³/mol. The third kappa shape index (κ3) is 7.48. The van der Waals surface area contributed by atoms with Crippen molar-refractivity contribution < 1.29 is 9.53 Å². The summed E-state index contributed by atoms with van der Waals surface area (Å²) < 4.78 is 5.29. The van der Waals surface area contributed by atoms with Crippen molar-refractivity contribution in [3.63, 3.8) is 0 Å². The molecule has 0 radical (unpaired) electrons. The highest BCUT2D eigenvalue weighted by molar-refractivity contribution is 7.99. The number of pyridine rings is 1. The minimum Gasteiger partial charge on any atom is -0.459 e. The number of thioether (sulfide) groups is 1. The molecular weight excluding hydrogens is 284 g/mol. The summed E-state index contributed by atoms with van der Waals surface area (Å²) in [6.07, 6.45) is 1.86. The first-order valence-corrected chi connectivity index (χ1v) is 8.19. The number of rotatable bonds is 6. The van der Waals surface area contributed by atoms with E-state index in [0.29, 0.717) is 6.04 Å². The Kier molecular flexibility index (Phi) is 6.68. The maximum Gasteiger partial charge on any atom is 0.316 e. The van der Waals surface area contributed by atoms with Crippen LogP contribution in [-0.4, -0.2) is 28.3 Å². The van der Waals surface area contributed by atoms with Crippen LogP contribution in [0.5, 0.6) is 0 Å². The van der Waals surface area contributed by atoms with Gasteiger partial charge in [-0.25, -0.2) is 4.98 Å². The number of hydrogen-bond donors (Lipinski definition) is 1. The van der Waals surface area contributed by atoms with Gasteiger partial charge in [0.05, 0.1) is 10.8 Å². The number of aryl methyl sites for hydroxylation is 1. The molecule has 4 nitrogen and oxygen atoms in total. The zero-order valence-electron chi connectivity index (χ0n) is 13.8. The molecule has 0 bridgehead atoms. The van der Waals surface area contributed by atoms with Crippen molar-refractivity contribution in [3.05, 3.63) is 23.4 Å². The van der Waals surface area contributed by atoms with Crippen LogP contribution in [0.1, 0.15) is 45.7 Å². The van der Waals surface area contributed by atoms with Crippen molar-refractivity contribution in [3.8, 4) is 0 Å². The van der Waals surface area contributed by atoms with Gasteiger partial charge in [0, 0.05) is 18.8 Å². The van der Waals surface area contributed by atoms with Crippen molar-refractivity contribution in [2.24, 2.45) is 0 Å². The van der Waals surface area contributed by atoms with Crippen molar-refractivity contribution in [2.45, 2.75) is 64.8 Å². The normalized spacial score (nSPS) is 11.8. The summed E-state index contributed by atoms with van der Waals surface area (Å²) in [6.45, 7) is 12.7. The van der Waals surface area contributed by atoms with Gasteiger partial charge in [0.25, 0.3) is 0 Å². The molecule has 0 atom stereocenters. The van der Waals surface area contributed by atoms with Gasteiger partial charge in [-0.1, -0.05) is 31.7 Å². The molecule has 0 aliphatic rings. The van der Waals surface area contributed by atoms with E-state index in [1.807, 2.05) is 33.9 Å². The smallest absolute Gasteiger partial charge is 0.316 e. The van der Waals surface area contributed by atoms with Crippen LogP contribution in [0.2, 0.25) is 0 Å². The summed E-state index contributed by atoms with van der Waals surface area (Å²) in [5, 5.41) is 4.25. The zero-order chi connectivity index (χ0) is 16.0. The maximum atomic E-state index is 11.7. The van der Waals surface area contributed by atoms with Gasteiger partial charge < -0.3 is 10.1 Å². The highest BCUT2D eigenvalue weighted by Gasteiger charge is 2.16. The van der Waals surface area contributed by atoms with Crippen molar-refractivity contribution in [1.29, 1.82) is 0 Å². The fraction of sp³-hybridized carbons (Fsp3) is 0.625.